The lowest BCUT2D eigenvalue weighted by Gasteiger charge is -2.16. The summed E-state index contributed by atoms with van der Waals surface area (Å²) in [6.07, 6.45) is 0. The van der Waals surface area contributed by atoms with Crippen LogP contribution in [0.2, 0.25) is 0 Å². The quantitative estimate of drug-likeness (QED) is 0.487. The number of aryl methyl sites for hydroxylation is 1. The van der Waals surface area contributed by atoms with Gasteiger partial charge in [-0.05, 0) is 48.1 Å². The minimum Gasteiger partial charge on any atom is -0.497 e. The Labute approximate surface area is 168 Å². The summed E-state index contributed by atoms with van der Waals surface area (Å²) < 4.78 is 6.69. The summed E-state index contributed by atoms with van der Waals surface area (Å²) >= 11 is 0. The van der Waals surface area contributed by atoms with Gasteiger partial charge in [0.1, 0.15) is 5.75 Å². The third-order valence-electron chi connectivity index (χ3n) is 4.70. The summed E-state index contributed by atoms with van der Waals surface area (Å²) in [6.45, 7) is 3.91. The molecule has 1 aromatic heterocycles. The molecule has 0 aliphatic carbocycles. The van der Waals surface area contributed by atoms with Crippen molar-refractivity contribution in [3.05, 3.63) is 87.1 Å². The van der Waals surface area contributed by atoms with Gasteiger partial charge in [0.25, 0.3) is 5.91 Å². The van der Waals surface area contributed by atoms with Crippen LogP contribution in [-0.2, 0) is 6.54 Å². The van der Waals surface area contributed by atoms with E-state index in [4.69, 9.17) is 4.74 Å². The van der Waals surface area contributed by atoms with Crippen LogP contribution in [0, 0.1) is 17.0 Å². The molecule has 8 heteroatoms. The molecule has 1 N–H and O–H groups in total. The average Bonchev–Trinajstić information content (AvgIpc) is 3.09. The second-order valence-corrected chi connectivity index (χ2v) is 6.68. The third-order valence-corrected chi connectivity index (χ3v) is 4.70. The summed E-state index contributed by atoms with van der Waals surface area (Å²) in [5.74, 6) is 0.321. The molecule has 1 atom stereocenters. The van der Waals surface area contributed by atoms with Gasteiger partial charge in [0.15, 0.2) is 0 Å². The molecule has 0 spiro atoms. The molecule has 0 radical (unpaired) electrons. The zero-order valence-electron chi connectivity index (χ0n) is 16.5. The van der Waals surface area contributed by atoms with E-state index in [0.717, 1.165) is 16.9 Å². The molecule has 1 heterocycles. The number of benzene rings is 2. The Morgan fingerprint density at radius 3 is 2.55 bits per heavy atom. The molecule has 3 aromatic rings. The van der Waals surface area contributed by atoms with Crippen LogP contribution in [-0.4, -0.2) is 27.7 Å². The van der Waals surface area contributed by atoms with E-state index in [1.165, 1.54) is 10.7 Å². The highest BCUT2D eigenvalue weighted by atomic mass is 16.6. The van der Waals surface area contributed by atoms with Gasteiger partial charge in [-0.15, -0.1) is 0 Å². The van der Waals surface area contributed by atoms with Crippen LogP contribution in [0.4, 0.5) is 5.82 Å². The van der Waals surface area contributed by atoms with Gasteiger partial charge >= 0.3 is 5.82 Å². The van der Waals surface area contributed by atoms with E-state index in [-0.39, 0.29) is 24.3 Å². The van der Waals surface area contributed by atoms with E-state index in [9.17, 15) is 14.9 Å². The molecule has 0 fully saturated rings. The van der Waals surface area contributed by atoms with Gasteiger partial charge in [0, 0.05) is 5.56 Å². The zero-order chi connectivity index (χ0) is 21.0. The Kier molecular flexibility index (Phi) is 5.92. The highest BCUT2D eigenvalue weighted by Gasteiger charge is 2.19. The van der Waals surface area contributed by atoms with Crippen molar-refractivity contribution < 1.29 is 14.5 Å². The number of aromatic nitrogens is 2. The van der Waals surface area contributed by atoms with Gasteiger partial charge in [-0.2, -0.15) is 4.68 Å². The minimum atomic E-state index is -0.529. The number of nitrogens with zero attached hydrogens (tertiary/aromatic N) is 3. The molecule has 0 bridgehead atoms. The Bertz CT molecular complexity index is 1030. The van der Waals surface area contributed by atoms with Crippen LogP contribution in [0.15, 0.2) is 54.6 Å². The molecule has 8 nitrogen and oxygen atoms in total. The number of methoxy groups -OCH3 is 1. The van der Waals surface area contributed by atoms with Crippen molar-refractivity contribution in [2.24, 2.45) is 0 Å². The van der Waals surface area contributed by atoms with E-state index in [0.29, 0.717) is 11.3 Å². The summed E-state index contributed by atoms with van der Waals surface area (Å²) in [4.78, 5) is 23.3. The number of nitro groups is 1. The summed E-state index contributed by atoms with van der Waals surface area (Å²) in [5.41, 5.74) is 2.84. The Morgan fingerprint density at radius 1 is 1.24 bits per heavy atom. The number of rotatable bonds is 7. The molecule has 2 aromatic carbocycles. The maximum atomic E-state index is 12.9. The predicted octanol–water partition coefficient (Wildman–Crippen LogP) is 3.65. The van der Waals surface area contributed by atoms with Crippen LogP contribution in [0.25, 0.3) is 0 Å². The van der Waals surface area contributed by atoms with Gasteiger partial charge in [-0.25, -0.2) is 0 Å². The van der Waals surface area contributed by atoms with Gasteiger partial charge in [0.2, 0.25) is 0 Å². The number of carbonyl (C=O) groups excluding carboxylic acids is 1. The van der Waals surface area contributed by atoms with E-state index >= 15 is 0 Å². The van der Waals surface area contributed by atoms with Crippen molar-refractivity contribution in [3.63, 3.8) is 0 Å². The van der Waals surface area contributed by atoms with E-state index in [1.807, 2.05) is 43.3 Å². The SMILES string of the molecule is COc1ccc([C@H](C)NC(=O)c2ccccc2Cn2nc([N+](=O)[O-])cc2C)cc1. The maximum absolute atomic E-state index is 12.9. The van der Waals surface area contributed by atoms with Gasteiger partial charge in [-0.1, -0.05) is 30.3 Å². The molecule has 150 valence electrons. The second-order valence-electron chi connectivity index (χ2n) is 6.68. The number of carbonyl (C=O) groups is 1. The summed E-state index contributed by atoms with van der Waals surface area (Å²) in [7, 11) is 1.60. The smallest absolute Gasteiger partial charge is 0.390 e. The first-order valence-corrected chi connectivity index (χ1v) is 9.10. The molecule has 1 amide bonds. The molecule has 3 rings (SSSR count). The van der Waals surface area contributed by atoms with Crippen LogP contribution < -0.4 is 10.1 Å². The fourth-order valence-electron chi connectivity index (χ4n) is 3.03. The largest absolute Gasteiger partial charge is 0.497 e. The van der Waals surface area contributed by atoms with E-state index < -0.39 is 4.92 Å². The summed E-state index contributed by atoms with van der Waals surface area (Å²) in [6, 6.07) is 15.9. The molecular weight excluding hydrogens is 372 g/mol. The standard InChI is InChI=1S/C21H22N4O4/c1-14-12-20(25(27)28)23-24(14)13-17-6-4-5-7-19(17)21(26)22-15(2)16-8-10-18(29-3)11-9-16/h4-12,15H,13H2,1-3H3,(H,22,26)/t15-/m0/s1. The Morgan fingerprint density at radius 2 is 1.93 bits per heavy atom. The van der Waals surface area contributed by atoms with E-state index in [2.05, 4.69) is 10.4 Å². The second kappa shape index (κ2) is 8.55. The molecule has 0 saturated carbocycles. The lowest BCUT2D eigenvalue weighted by molar-refractivity contribution is -0.389. The highest BCUT2D eigenvalue weighted by molar-refractivity contribution is 5.95. The average molecular weight is 394 g/mol. The molecule has 0 unspecified atom stereocenters. The lowest BCUT2D eigenvalue weighted by Crippen LogP contribution is -2.28. The molecule has 0 saturated heterocycles. The molecule has 0 aliphatic rings. The zero-order valence-corrected chi connectivity index (χ0v) is 16.5. The number of hydrogen-bond acceptors (Lipinski definition) is 5. The molecule has 0 aliphatic heterocycles. The van der Waals surface area contributed by atoms with Crippen molar-refractivity contribution in [1.82, 2.24) is 15.1 Å². The normalized spacial score (nSPS) is 11.7. The lowest BCUT2D eigenvalue weighted by atomic mass is 10.0. The van der Waals surface area contributed by atoms with Crippen molar-refractivity contribution in [3.8, 4) is 5.75 Å². The van der Waals surface area contributed by atoms with Crippen molar-refractivity contribution in [2.45, 2.75) is 26.4 Å². The predicted molar refractivity (Wildman–Crippen MR) is 108 cm³/mol. The minimum absolute atomic E-state index is 0.200. The monoisotopic (exact) mass is 394 g/mol. The number of ether oxygens (including phenoxy) is 1. The van der Waals surface area contributed by atoms with Crippen LogP contribution >= 0.6 is 0 Å². The van der Waals surface area contributed by atoms with E-state index in [1.54, 1.807) is 26.2 Å². The third kappa shape index (κ3) is 4.60. The summed E-state index contributed by atoms with van der Waals surface area (Å²) in [5, 5.41) is 17.9. The highest BCUT2D eigenvalue weighted by Crippen LogP contribution is 2.19. The van der Waals surface area contributed by atoms with Crippen molar-refractivity contribution >= 4 is 11.7 Å². The van der Waals surface area contributed by atoms with Crippen molar-refractivity contribution in [2.75, 3.05) is 7.11 Å². The first kappa shape index (κ1) is 20.1. The van der Waals surface area contributed by atoms with Crippen LogP contribution in [0.5, 0.6) is 5.75 Å². The molecular formula is C21H22N4O4. The van der Waals surface area contributed by atoms with Crippen LogP contribution in [0.1, 0.15) is 40.1 Å². The Balaban J connectivity index is 1.78. The van der Waals surface area contributed by atoms with Gasteiger partial charge in [-0.3, -0.25) is 4.79 Å². The van der Waals surface area contributed by atoms with Crippen molar-refractivity contribution in [1.29, 1.82) is 0 Å². The van der Waals surface area contributed by atoms with Gasteiger partial charge < -0.3 is 20.2 Å². The van der Waals surface area contributed by atoms with Gasteiger partial charge in [0.05, 0.1) is 36.6 Å². The number of nitrogens with one attached hydrogen (secondary N) is 1. The fourth-order valence-corrected chi connectivity index (χ4v) is 3.03. The molecule has 29 heavy (non-hydrogen) atoms. The first-order valence-electron chi connectivity index (χ1n) is 9.10. The number of amides is 1. The Hall–Kier alpha value is -3.68. The number of hydrogen-bond donors (Lipinski definition) is 1. The first-order chi connectivity index (χ1) is 13.9. The van der Waals surface area contributed by atoms with Crippen LogP contribution in [0.3, 0.4) is 0 Å². The maximum Gasteiger partial charge on any atom is 0.390 e. The fraction of sp³-hybridized carbons (Fsp3) is 0.238. The topological polar surface area (TPSA) is 99.3 Å².